The fourth-order valence-electron chi connectivity index (χ4n) is 1.76. The van der Waals surface area contributed by atoms with E-state index in [2.05, 4.69) is 5.32 Å². The standard InChI is InChI=1S/C12H22N2O6/c1-12(2)5-19-10(20-6-12)4-9(16)14-7(11(17)18)3-8(13)15/h7,9-10,14,16H,3-6H2,1-2H3,(H2,13,15)(H,17,18)/t7-,9?/m0/s1. The van der Waals surface area contributed by atoms with Gasteiger partial charge in [0.2, 0.25) is 5.91 Å². The van der Waals surface area contributed by atoms with E-state index in [1.54, 1.807) is 0 Å². The number of nitrogens with one attached hydrogen (secondary N) is 1. The van der Waals surface area contributed by atoms with Gasteiger partial charge in [0, 0.05) is 11.8 Å². The van der Waals surface area contributed by atoms with Gasteiger partial charge in [0.05, 0.1) is 19.6 Å². The van der Waals surface area contributed by atoms with Gasteiger partial charge in [0.15, 0.2) is 6.29 Å². The van der Waals surface area contributed by atoms with E-state index in [-0.39, 0.29) is 11.8 Å². The zero-order valence-corrected chi connectivity index (χ0v) is 11.7. The Bertz CT molecular complexity index is 350. The summed E-state index contributed by atoms with van der Waals surface area (Å²) in [6.45, 7) is 4.97. The molecule has 0 radical (unpaired) electrons. The number of hydrogen-bond acceptors (Lipinski definition) is 6. The lowest BCUT2D eigenvalue weighted by atomic mass is 9.95. The van der Waals surface area contributed by atoms with E-state index in [0.29, 0.717) is 13.2 Å². The number of carbonyl (C=O) groups excluding carboxylic acids is 1. The normalized spacial score (nSPS) is 22.1. The van der Waals surface area contributed by atoms with Crippen molar-refractivity contribution in [2.75, 3.05) is 13.2 Å². The third-order valence-corrected chi connectivity index (χ3v) is 2.83. The van der Waals surface area contributed by atoms with Crippen LogP contribution >= 0.6 is 0 Å². The number of rotatable bonds is 7. The zero-order chi connectivity index (χ0) is 15.3. The van der Waals surface area contributed by atoms with Crippen LogP contribution in [0, 0.1) is 5.41 Å². The summed E-state index contributed by atoms with van der Waals surface area (Å²) < 4.78 is 10.9. The zero-order valence-electron chi connectivity index (χ0n) is 11.7. The summed E-state index contributed by atoms with van der Waals surface area (Å²) in [4.78, 5) is 21.6. The maximum atomic E-state index is 10.9. The smallest absolute Gasteiger partial charge is 0.321 e. The molecule has 8 nitrogen and oxygen atoms in total. The van der Waals surface area contributed by atoms with Crippen LogP contribution in [-0.4, -0.2) is 53.9 Å². The Kier molecular flexibility index (Phi) is 5.88. The molecule has 5 N–H and O–H groups in total. The number of carboxylic acid groups (broad SMARTS) is 1. The predicted molar refractivity (Wildman–Crippen MR) is 68.5 cm³/mol. The van der Waals surface area contributed by atoms with E-state index in [4.69, 9.17) is 20.3 Å². The molecular formula is C12H22N2O6. The molecule has 1 rings (SSSR count). The Morgan fingerprint density at radius 1 is 1.40 bits per heavy atom. The van der Waals surface area contributed by atoms with Crippen molar-refractivity contribution in [1.29, 1.82) is 0 Å². The number of carbonyl (C=O) groups is 2. The van der Waals surface area contributed by atoms with Gasteiger partial charge in [0.25, 0.3) is 0 Å². The van der Waals surface area contributed by atoms with Gasteiger partial charge in [-0.1, -0.05) is 13.8 Å². The van der Waals surface area contributed by atoms with Crippen molar-refractivity contribution in [2.45, 2.75) is 45.2 Å². The molecule has 8 heteroatoms. The Labute approximate surface area is 117 Å². The van der Waals surface area contributed by atoms with E-state index < -0.39 is 36.9 Å². The van der Waals surface area contributed by atoms with Crippen molar-refractivity contribution in [3.8, 4) is 0 Å². The predicted octanol–water partition coefficient (Wildman–Crippen LogP) is -0.988. The highest BCUT2D eigenvalue weighted by atomic mass is 16.7. The van der Waals surface area contributed by atoms with Crippen LogP contribution in [0.1, 0.15) is 26.7 Å². The average Bonchev–Trinajstić information content (AvgIpc) is 2.30. The summed E-state index contributed by atoms with van der Waals surface area (Å²) in [6.07, 6.45) is -2.10. The number of aliphatic hydroxyl groups is 1. The minimum atomic E-state index is -1.26. The average molecular weight is 290 g/mol. The Balaban J connectivity index is 2.40. The molecule has 20 heavy (non-hydrogen) atoms. The Hall–Kier alpha value is -1.22. The summed E-state index contributed by atoms with van der Waals surface area (Å²) >= 11 is 0. The summed E-state index contributed by atoms with van der Waals surface area (Å²) in [5.74, 6) is -2.02. The molecule has 1 aliphatic rings. The van der Waals surface area contributed by atoms with Gasteiger partial charge in [-0.3, -0.25) is 14.9 Å². The maximum Gasteiger partial charge on any atom is 0.321 e. The summed E-state index contributed by atoms with van der Waals surface area (Å²) in [6, 6.07) is -1.23. The van der Waals surface area contributed by atoms with Crippen molar-refractivity contribution in [3.63, 3.8) is 0 Å². The minimum Gasteiger partial charge on any atom is -0.480 e. The second-order valence-corrected chi connectivity index (χ2v) is 5.70. The highest BCUT2D eigenvalue weighted by molar-refractivity contribution is 5.83. The molecule has 0 aromatic rings. The van der Waals surface area contributed by atoms with Crippen molar-refractivity contribution in [3.05, 3.63) is 0 Å². The van der Waals surface area contributed by atoms with E-state index in [1.165, 1.54) is 0 Å². The Morgan fingerprint density at radius 3 is 2.40 bits per heavy atom. The van der Waals surface area contributed by atoms with Crippen LogP contribution in [-0.2, 0) is 19.1 Å². The molecule has 1 aliphatic heterocycles. The Morgan fingerprint density at radius 2 is 1.95 bits per heavy atom. The first kappa shape index (κ1) is 16.8. The number of aliphatic hydroxyl groups excluding tert-OH is 1. The van der Waals surface area contributed by atoms with Gasteiger partial charge in [-0.2, -0.15) is 0 Å². The van der Waals surface area contributed by atoms with Crippen LogP contribution in [0.3, 0.4) is 0 Å². The molecule has 2 atom stereocenters. The molecule has 1 unspecified atom stereocenters. The molecule has 0 bridgehead atoms. The van der Waals surface area contributed by atoms with Crippen LogP contribution in [0.2, 0.25) is 0 Å². The topological polar surface area (TPSA) is 131 Å². The monoisotopic (exact) mass is 290 g/mol. The van der Waals surface area contributed by atoms with Gasteiger partial charge in [-0.25, -0.2) is 0 Å². The van der Waals surface area contributed by atoms with Gasteiger partial charge < -0.3 is 25.4 Å². The lowest BCUT2D eigenvalue weighted by molar-refractivity contribution is -0.232. The number of carboxylic acids is 1. The maximum absolute atomic E-state index is 10.9. The van der Waals surface area contributed by atoms with Crippen LogP contribution < -0.4 is 11.1 Å². The van der Waals surface area contributed by atoms with Crippen LogP contribution in [0.15, 0.2) is 0 Å². The van der Waals surface area contributed by atoms with Crippen LogP contribution in [0.25, 0.3) is 0 Å². The largest absolute Gasteiger partial charge is 0.480 e. The molecule has 0 aromatic carbocycles. The summed E-state index contributed by atoms with van der Waals surface area (Å²) in [5, 5.41) is 21.1. The second kappa shape index (κ2) is 6.98. The van der Waals surface area contributed by atoms with Gasteiger partial charge in [0.1, 0.15) is 12.3 Å². The quantitative estimate of drug-likeness (QED) is 0.443. The van der Waals surface area contributed by atoms with E-state index in [9.17, 15) is 14.7 Å². The number of aliphatic carboxylic acids is 1. The lowest BCUT2D eigenvalue weighted by Crippen LogP contribution is -2.48. The molecule has 0 aliphatic carbocycles. The molecule has 116 valence electrons. The number of hydrogen-bond donors (Lipinski definition) is 4. The van der Waals surface area contributed by atoms with Crippen molar-refractivity contribution < 1.29 is 29.3 Å². The van der Waals surface area contributed by atoms with E-state index in [0.717, 1.165) is 0 Å². The number of primary amides is 1. The molecule has 0 spiro atoms. The number of amides is 1. The molecule has 0 aromatic heterocycles. The molecule has 0 saturated carbocycles. The van der Waals surface area contributed by atoms with Crippen molar-refractivity contribution in [2.24, 2.45) is 11.1 Å². The fourth-order valence-corrected chi connectivity index (χ4v) is 1.76. The molecule has 1 amide bonds. The van der Waals surface area contributed by atoms with Crippen LogP contribution in [0.4, 0.5) is 0 Å². The molecule has 1 fully saturated rings. The van der Waals surface area contributed by atoms with E-state index >= 15 is 0 Å². The minimum absolute atomic E-state index is 0.0681. The first-order valence-electron chi connectivity index (χ1n) is 6.38. The van der Waals surface area contributed by atoms with Crippen molar-refractivity contribution >= 4 is 11.9 Å². The lowest BCUT2D eigenvalue weighted by Gasteiger charge is -2.35. The summed E-state index contributed by atoms with van der Waals surface area (Å²) in [5.41, 5.74) is 4.87. The highest BCUT2D eigenvalue weighted by Crippen LogP contribution is 2.24. The molecule has 1 saturated heterocycles. The van der Waals surface area contributed by atoms with Gasteiger partial charge >= 0.3 is 5.97 Å². The second-order valence-electron chi connectivity index (χ2n) is 5.70. The SMILES string of the molecule is CC1(C)COC(CC(O)N[C@@H](CC(N)=O)C(=O)O)OC1. The highest BCUT2D eigenvalue weighted by Gasteiger charge is 2.30. The van der Waals surface area contributed by atoms with E-state index in [1.807, 2.05) is 13.8 Å². The number of nitrogens with two attached hydrogens (primary N) is 1. The first-order valence-corrected chi connectivity index (χ1v) is 6.38. The van der Waals surface area contributed by atoms with Crippen molar-refractivity contribution in [1.82, 2.24) is 5.32 Å². The molecular weight excluding hydrogens is 268 g/mol. The first-order chi connectivity index (χ1) is 9.19. The third-order valence-electron chi connectivity index (χ3n) is 2.83. The third kappa shape index (κ3) is 5.83. The summed E-state index contributed by atoms with van der Waals surface area (Å²) in [7, 11) is 0. The van der Waals surface area contributed by atoms with Gasteiger partial charge in [-0.15, -0.1) is 0 Å². The molecule has 1 heterocycles. The fraction of sp³-hybridized carbons (Fsp3) is 0.833. The number of ether oxygens (including phenoxy) is 2. The van der Waals surface area contributed by atoms with Gasteiger partial charge in [-0.05, 0) is 0 Å². The van der Waals surface area contributed by atoms with Crippen LogP contribution in [0.5, 0.6) is 0 Å².